The molecule has 0 radical (unpaired) electrons. The van der Waals surface area contributed by atoms with E-state index in [0.29, 0.717) is 29.3 Å². The number of anilines is 2. The van der Waals surface area contributed by atoms with Crippen LogP contribution < -0.4 is 15.0 Å². The zero-order valence-electron chi connectivity index (χ0n) is 18.8. The number of benzene rings is 4. The molecule has 4 aromatic carbocycles. The van der Waals surface area contributed by atoms with Crippen LogP contribution in [0.4, 0.5) is 11.4 Å². The Morgan fingerprint density at radius 2 is 1.44 bits per heavy atom. The highest BCUT2D eigenvalue weighted by molar-refractivity contribution is 6.10. The number of nitrogens with zero attached hydrogens (tertiary/aromatic N) is 1. The molecule has 0 unspecified atom stereocenters. The second-order valence-electron chi connectivity index (χ2n) is 8.07. The number of fused-ring (bicyclic) bond motifs is 2. The molecule has 0 fully saturated rings. The van der Waals surface area contributed by atoms with Crippen molar-refractivity contribution in [1.29, 1.82) is 0 Å². The maximum absolute atomic E-state index is 13.5. The van der Waals surface area contributed by atoms with Gasteiger partial charge in [0.25, 0.3) is 5.91 Å². The summed E-state index contributed by atoms with van der Waals surface area (Å²) in [7, 11) is 0. The average molecular weight is 449 g/mol. The third kappa shape index (κ3) is 4.04. The number of carbonyl (C=O) groups excluding carboxylic acids is 2. The zero-order valence-corrected chi connectivity index (χ0v) is 18.8. The summed E-state index contributed by atoms with van der Waals surface area (Å²) in [5, 5.41) is 3.02. The molecule has 0 aliphatic carbocycles. The maximum Gasteiger partial charge on any atom is 0.262 e. The number of hydrogen-bond acceptors (Lipinski definition) is 3. The molecule has 0 atom stereocenters. The molecule has 1 aliphatic heterocycles. The van der Waals surface area contributed by atoms with Crippen LogP contribution in [0.2, 0.25) is 0 Å². The van der Waals surface area contributed by atoms with Gasteiger partial charge in [0.05, 0.1) is 17.2 Å². The third-order valence-electron chi connectivity index (χ3n) is 5.94. The first-order valence-electron chi connectivity index (χ1n) is 11.3. The first-order valence-corrected chi connectivity index (χ1v) is 11.3. The molecule has 1 heterocycles. The monoisotopic (exact) mass is 448 g/mol. The molecule has 168 valence electrons. The van der Waals surface area contributed by atoms with Gasteiger partial charge in [-0.3, -0.25) is 9.59 Å². The Hall–Kier alpha value is -4.38. The zero-order chi connectivity index (χ0) is 23.5. The lowest BCUT2D eigenvalue weighted by molar-refractivity contribution is -0.116. The van der Waals surface area contributed by atoms with Crippen molar-refractivity contribution in [2.24, 2.45) is 0 Å². The lowest BCUT2D eigenvalue weighted by Gasteiger charge is -2.20. The first kappa shape index (κ1) is 21.5. The Bertz CT molecular complexity index is 1300. The second-order valence-corrected chi connectivity index (χ2v) is 8.07. The minimum atomic E-state index is -0.482. The fourth-order valence-electron chi connectivity index (χ4n) is 4.32. The van der Waals surface area contributed by atoms with Crippen LogP contribution in [0.15, 0.2) is 103 Å². The van der Waals surface area contributed by atoms with Crippen molar-refractivity contribution in [3.63, 3.8) is 0 Å². The highest BCUT2D eigenvalue weighted by atomic mass is 16.5. The maximum atomic E-state index is 13.5. The smallest absolute Gasteiger partial charge is 0.262 e. The number of hydrogen-bond donors (Lipinski definition) is 1. The van der Waals surface area contributed by atoms with Crippen LogP contribution in [0.25, 0.3) is 0 Å². The van der Waals surface area contributed by atoms with Crippen LogP contribution in [0.5, 0.6) is 11.5 Å². The van der Waals surface area contributed by atoms with Crippen molar-refractivity contribution in [2.75, 3.05) is 16.8 Å². The van der Waals surface area contributed by atoms with Gasteiger partial charge in [-0.25, -0.2) is 0 Å². The van der Waals surface area contributed by atoms with Crippen LogP contribution >= 0.6 is 0 Å². The van der Waals surface area contributed by atoms with Gasteiger partial charge in [0.15, 0.2) is 5.75 Å². The van der Waals surface area contributed by atoms with Gasteiger partial charge < -0.3 is 15.0 Å². The summed E-state index contributed by atoms with van der Waals surface area (Å²) < 4.78 is 6.08. The Morgan fingerprint density at radius 1 is 0.824 bits per heavy atom. The van der Waals surface area contributed by atoms with Gasteiger partial charge in [0.2, 0.25) is 5.91 Å². The topological polar surface area (TPSA) is 58.6 Å². The van der Waals surface area contributed by atoms with Gasteiger partial charge in [-0.05, 0) is 48.4 Å². The largest absolute Gasteiger partial charge is 0.454 e. The number of amides is 2. The molecule has 5 nitrogen and oxygen atoms in total. The van der Waals surface area contributed by atoms with E-state index in [2.05, 4.69) is 5.32 Å². The average Bonchev–Trinajstić information content (AvgIpc) is 2.99. The van der Waals surface area contributed by atoms with Crippen LogP contribution in [0, 0.1) is 0 Å². The quantitative estimate of drug-likeness (QED) is 0.394. The van der Waals surface area contributed by atoms with Gasteiger partial charge in [-0.1, -0.05) is 72.8 Å². The SMILES string of the molecule is CCN1C(=O)c2cc(NC(=O)C(c3ccccc3)c3ccccc3)ccc2Oc2ccccc21. The molecular formula is C29H24N2O3. The molecule has 0 saturated heterocycles. The van der Waals surface area contributed by atoms with Gasteiger partial charge in [-0.15, -0.1) is 0 Å². The molecule has 0 spiro atoms. The Balaban J connectivity index is 1.48. The van der Waals surface area contributed by atoms with E-state index in [4.69, 9.17) is 4.74 Å². The van der Waals surface area contributed by atoms with E-state index in [9.17, 15) is 9.59 Å². The van der Waals surface area contributed by atoms with Crippen molar-refractivity contribution in [3.05, 3.63) is 120 Å². The summed E-state index contributed by atoms with van der Waals surface area (Å²) in [5.41, 5.74) is 3.47. The molecule has 5 rings (SSSR count). The van der Waals surface area contributed by atoms with Crippen LogP contribution in [0.3, 0.4) is 0 Å². The molecule has 5 heteroatoms. The van der Waals surface area contributed by atoms with E-state index in [-0.39, 0.29) is 11.8 Å². The normalized spacial score (nSPS) is 12.4. The number of rotatable bonds is 5. The summed E-state index contributed by atoms with van der Waals surface area (Å²) in [5.74, 6) is 0.274. The molecular weight excluding hydrogens is 424 g/mol. The van der Waals surface area contributed by atoms with E-state index < -0.39 is 5.92 Å². The van der Waals surface area contributed by atoms with Crippen molar-refractivity contribution in [2.45, 2.75) is 12.8 Å². The van der Waals surface area contributed by atoms with Crippen molar-refractivity contribution in [1.82, 2.24) is 0 Å². The summed E-state index contributed by atoms with van der Waals surface area (Å²) in [6.07, 6.45) is 0. The van der Waals surface area contributed by atoms with E-state index in [1.54, 1.807) is 23.1 Å². The Kier molecular flexibility index (Phi) is 5.83. The minimum Gasteiger partial charge on any atom is -0.454 e. The second kappa shape index (κ2) is 9.24. The summed E-state index contributed by atoms with van der Waals surface area (Å²) >= 11 is 0. The molecule has 0 aromatic heterocycles. The van der Waals surface area contributed by atoms with Gasteiger partial charge in [0.1, 0.15) is 5.75 Å². The molecule has 0 saturated carbocycles. The van der Waals surface area contributed by atoms with Gasteiger partial charge in [0, 0.05) is 12.2 Å². The lowest BCUT2D eigenvalue weighted by atomic mass is 9.90. The van der Waals surface area contributed by atoms with Crippen molar-refractivity contribution in [3.8, 4) is 11.5 Å². The van der Waals surface area contributed by atoms with Gasteiger partial charge in [-0.2, -0.15) is 0 Å². The molecule has 4 aromatic rings. The first-order chi connectivity index (χ1) is 16.7. The number of para-hydroxylation sites is 2. The fraction of sp³-hybridized carbons (Fsp3) is 0.103. The highest BCUT2D eigenvalue weighted by Crippen LogP contribution is 2.39. The summed E-state index contributed by atoms with van der Waals surface area (Å²) in [4.78, 5) is 28.6. The Morgan fingerprint density at radius 3 is 2.09 bits per heavy atom. The summed E-state index contributed by atoms with van der Waals surface area (Å²) in [6.45, 7) is 2.43. The molecule has 0 bridgehead atoms. The minimum absolute atomic E-state index is 0.166. The van der Waals surface area contributed by atoms with Crippen LogP contribution in [0.1, 0.15) is 34.3 Å². The van der Waals surface area contributed by atoms with Crippen LogP contribution in [-0.4, -0.2) is 18.4 Å². The van der Waals surface area contributed by atoms with E-state index in [1.165, 1.54) is 0 Å². The molecule has 1 aliphatic rings. The van der Waals surface area contributed by atoms with E-state index in [1.807, 2.05) is 91.9 Å². The summed E-state index contributed by atoms with van der Waals surface area (Å²) in [6, 6.07) is 32.0. The standard InChI is InChI=1S/C29H24N2O3/c1-2-31-24-15-9-10-16-26(24)34-25-18-17-22(19-23(25)29(31)33)30-28(32)27(20-11-5-3-6-12-20)21-13-7-4-8-14-21/h3-19,27H,2H2,1H3,(H,30,32). The number of carbonyl (C=O) groups is 2. The van der Waals surface area contributed by atoms with Gasteiger partial charge >= 0.3 is 0 Å². The fourth-order valence-corrected chi connectivity index (χ4v) is 4.32. The van der Waals surface area contributed by atoms with E-state index >= 15 is 0 Å². The van der Waals surface area contributed by atoms with E-state index in [0.717, 1.165) is 16.8 Å². The van der Waals surface area contributed by atoms with Crippen LogP contribution in [-0.2, 0) is 4.79 Å². The predicted molar refractivity (Wildman–Crippen MR) is 134 cm³/mol. The molecule has 2 amide bonds. The highest BCUT2D eigenvalue weighted by Gasteiger charge is 2.28. The lowest BCUT2D eigenvalue weighted by Crippen LogP contribution is -2.30. The molecule has 34 heavy (non-hydrogen) atoms. The Labute approximate surface area is 198 Å². The van der Waals surface area contributed by atoms with Crippen molar-refractivity contribution < 1.29 is 14.3 Å². The third-order valence-corrected chi connectivity index (χ3v) is 5.94. The molecule has 1 N–H and O–H groups in total. The number of ether oxygens (including phenoxy) is 1. The predicted octanol–water partition coefficient (Wildman–Crippen LogP) is 6.23. The number of nitrogens with one attached hydrogen (secondary N) is 1. The van der Waals surface area contributed by atoms with Crippen molar-refractivity contribution >= 4 is 23.2 Å².